The van der Waals surface area contributed by atoms with E-state index in [1.807, 2.05) is 18.2 Å². The molecule has 0 aliphatic carbocycles. The third-order valence-electron chi connectivity index (χ3n) is 3.16. The van der Waals surface area contributed by atoms with E-state index in [1.165, 1.54) is 12.3 Å². The molecule has 18 heavy (non-hydrogen) atoms. The number of hydrogen-bond acceptors (Lipinski definition) is 3. The van der Waals surface area contributed by atoms with Crippen molar-refractivity contribution in [2.75, 3.05) is 6.61 Å². The Morgan fingerprint density at radius 2 is 2.11 bits per heavy atom. The van der Waals surface area contributed by atoms with Crippen LogP contribution in [-0.2, 0) is 6.42 Å². The zero-order valence-electron chi connectivity index (χ0n) is 9.77. The van der Waals surface area contributed by atoms with E-state index < -0.39 is 0 Å². The Morgan fingerprint density at radius 3 is 2.94 bits per heavy atom. The van der Waals surface area contributed by atoms with Crippen LogP contribution in [-0.4, -0.2) is 11.6 Å². The van der Waals surface area contributed by atoms with Crippen molar-refractivity contribution in [1.29, 1.82) is 0 Å². The predicted octanol–water partition coefficient (Wildman–Crippen LogP) is 2.20. The molecule has 0 amide bonds. The van der Waals surface area contributed by atoms with E-state index in [0.717, 1.165) is 29.9 Å². The highest BCUT2D eigenvalue weighted by atomic mass is 19.1. The van der Waals surface area contributed by atoms with Crippen molar-refractivity contribution in [1.82, 2.24) is 4.98 Å². The Kier molecular flexibility index (Phi) is 2.72. The lowest BCUT2D eigenvalue weighted by atomic mass is 9.98. The van der Waals surface area contributed by atoms with Crippen LogP contribution in [0.2, 0.25) is 0 Å². The Hall–Kier alpha value is -1.94. The molecule has 3 nitrogen and oxygen atoms in total. The van der Waals surface area contributed by atoms with E-state index in [9.17, 15) is 4.39 Å². The van der Waals surface area contributed by atoms with E-state index >= 15 is 0 Å². The molecule has 1 aromatic heterocycles. The van der Waals surface area contributed by atoms with Crippen LogP contribution in [0.15, 0.2) is 36.7 Å². The number of nitrogens with two attached hydrogens (primary N) is 1. The van der Waals surface area contributed by atoms with Gasteiger partial charge in [0, 0.05) is 12.6 Å². The zero-order chi connectivity index (χ0) is 12.5. The Bertz CT molecular complexity index is 586. The fraction of sp³-hybridized carbons (Fsp3) is 0.214. The minimum Gasteiger partial charge on any atom is -0.493 e. The molecule has 1 aliphatic heterocycles. The average molecular weight is 244 g/mol. The molecule has 2 heterocycles. The number of halogens is 1. The zero-order valence-corrected chi connectivity index (χ0v) is 9.77. The fourth-order valence-corrected chi connectivity index (χ4v) is 2.19. The summed E-state index contributed by atoms with van der Waals surface area (Å²) >= 11 is 0. The van der Waals surface area contributed by atoms with E-state index in [4.69, 9.17) is 10.5 Å². The maximum Gasteiger partial charge on any atom is 0.141 e. The minimum absolute atomic E-state index is 0.362. The quantitative estimate of drug-likeness (QED) is 0.881. The van der Waals surface area contributed by atoms with Gasteiger partial charge >= 0.3 is 0 Å². The van der Waals surface area contributed by atoms with Crippen LogP contribution in [0.3, 0.4) is 0 Å². The second kappa shape index (κ2) is 4.38. The second-order valence-electron chi connectivity index (χ2n) is 4.38. The summed E-state index contributed by atoms with van der Waals surface area (Å²) in [6.45, 7) is 0.718. The van der Waals surface area contributed by atoms with Crippen molar-refractivity contribution in [3.8, 4) is 5.75 Å². The molecule has 0 radical (unpaired) electrons. The second-order valence-corrected chi connectivity index (χ2v) is 4.38. The third-order valence-corrected chi connectivity index (χ3v) is 3.16. The highest BCUT2D eigenvalue weighted by Crippen LogP contribution is 2.29. The maximum atomic E-state index is 13.1. The molecule has 0 saturated carbocycles. The molecular weight excluding hydrogens is 231 g/mol. The maximum absolute atomic E-state index is 13.1. The van der Waals surface area contributed by atoms with Crippen LogP contribution in [0, 0.1) is 5.82 Å². The SMILES string of the molecule is NC(c1cncc(F)c1)c1ccc2c(c1)CCO2. The van der Waals surface area contributed by atoms with Crippen molar-refractivity contribution < 1.29 is 9.13 Å². The highest BCUT2D eigenvalue weighted by molar-refractivity contribution is 5.42. The normalized spacial score (nSPS) is 15.0. The number of fused-ring (bicyclic) bond motifs is 1. The number of ether oxygens (including phenoxy) is 1. The predicted molar refractivity (Wildman–Crippen MR) is 65.9 cm³/mol. The Balaban J connectivity index is 1.95. The average Bonchev–Trinajstić information content (AvgIpc) is 2.85. The van der Waals surface area contributed by atoms with Crippen LogP contribution in [0.5, 0.6) is 5.75 Å². The molecule has 92 valence electrons. The van der Waals surface area contributed by atoms with Gasteiger partial charge in [0.25, 0.3) is 0 Å². The molecule has 4 heteroatoms. The van der Waals surface area contributed by atoms with Gasteiger partial charge in [-0.2, -0.15) is 0 Å². The summed E-state index contributed by atoms with van der Waals surface area (Å²) in [6, 6.07) is 6.92. The Morgan fingerprint density at radius 1 is 1.22 bits per heavy atom. The molecule has 1 unspecified atom stereocenters. The standard InChI is InChI=1S/C14H13FN2O/c15-12-6-11(7-17-8-12)14(16)10-1-2-13-9(5-10)3-4-18-13/h1-2,5-8,14H,3-4,16H2. The first kappa shape index (κ1) is 11.2. The van der Waals surface area contributed by atoms with Gasteiger partial charge in [-0.15, -0.1) is 0 Å². The lowest BCUT2D eigenvalue weighted by molar-refractivity contribution is 0.357. The third kappa shape index (κ3) is 1.95. The molecule has 1 aliphatic rings. The summed E-state index contributed by atoms with van der Waals surface area (Å²) in [5.41, 5.74) is 8.92. The topological polar surface area (TPSA) is 48.1 Å². The molecule has 2 N–H and O–H groups in total. The van der Waals surface area contributed by atoms with Gasteiger partial charge in [-0.1, -0.05) is 12.1 Å². The Labute approximate surface area is 104 Å². The number of hydrogen-bond donors (Lipinski definition) is 1. The smallest absolute Gasteiger partial charge is 0.141 e. The van der Waals surface area contributed by atoms with E-state index in [-0.39, 0.29) is 11.9 Å². The summed E-state index contributed by atoms with van der Waals surface area (Å²) in [5.74, 6) is 0.552. The van der Waals surface area contributed by atoms with Gasteiger partial charge in [-0.25, -0.2) is 4.39 Å². The van der Waals surface area contributed by atoms with Gasteiger partial charge in [0.1, 0.15) is 11.6 Å². The van der Waals surface area contributed by atoms with Crippen LogP contribution < -0.4 is 10.5 Å². The lowest BCUT2D eigenvalue weighted by Crippen LogP contribution is -2.12. The van der Waals surface area contributed by atoms with E-state index in [0.29, 0.717) is 5.56 Å². The van der Waals surface area contributed by atoms with E-state index in [2.05, 4.69) is 4.98 Å². The number of pyridine rings is 1. The van der Waals surface area contributed by atoms with Gasteiger partial charge in [0.2, 0.25) is 0 Å². The number of benzene rings is 1. The van der Waals surface area contributed by atoms with Gasteiger partial charge in [0.05, 0.1) is 18.8 Å². The van der Waals surface area contributed by atoms with Crippen molar-refractivity contribution in [3.05, 3.63) is 59.2 Å². The highest BCUT2D eigenvalue weighted by Gasteiger charge is 2.16. The summed E-state index contributed by atoms with van der Waals surface area (Å²) in [4.78, 5) is 3.82. The van der Waals surface area contributed by atoms with Crippen LogP contribution >= 0.6 is 0 Å². The van der Waals surface area contributed by atoms with Gasteiger partial charge < -0.3 is 10.5 Å². The monoisotopic (exact) mass is 244 g/mol. The van der Waals surface area contributed by atoms with Gasteiger partial charge in [0.15, 0.2) is 0 Å². The molecular formula is C14H13FN2O. The lowest BCUT2D eigenvalue weighted by Gasteiger charge is -2.13. The number of nitrogens with zero attached hydrogens (tertiary/aromatic N) is 1. The molecule has 0 spiro atoms. The van der Waals surface area contributed by atoms with Gasteiger partial charge in [-0.05, 0) is 28.8 Å². The number of rotatable bonds is 2. The largest absolute Gasteiger partial charge is 0.493 e. The minimum atomic E-state index is -0.368. The number of aromatic nitrogens is 1. The van der Waals surface area contributed by atoms with Gasteiger partial charge in [-0.3, -0.25) is 4.98 Å². The molecule has 2 aromatic rings. The summed E-state index contributed by atoms with van der Waals surface area (Å²) in [6.07, 6.45) is 3.67. The van der Waals surface area contributed by atoms with E-state index in [1.54, 1.807) is 6.20 Å². The molecule has 1 atom stereocenters. The molecule has 0 fully saturated rings. The fourth-order valence-electron chi connectivity index (χ4n) is 2.19. The molecule has 0 saturated heterocycles. The molecule has 0 bridgehead atoms. The molecule has 1 aromatic carbocycles. The van der Waals surface area contributed by atoms with Crippen LogP contribution in [0.4, 0.5) is 4.39 Å². The van der Waals surface area contributed by atoms with Crippen molar-refractivity contribution in [3.63, 3.8) is 0 Å². The molecule has 3 rings (SSSR count). The first-order valence-corrected chi connectivity index (χ1v) is 5.86. The first-order valence-electron chi connectivity index (χ1n) is 5.86. The first-order chi connectivity index (χ1) is 8.74. The van der Waals surface area contributed by atoms with Crippen molar-refractivity contribution >= 4 is 0 Å². The summed E-state index contributed by atoms with van der Waals surface area (Å²) in [7, 11) is 0. The van der Waals surface area contributed by atoms with Crippen LogP contribution in [0.1, 0.15) is 22.7 Å². The van der Waals surface area contributed by atoms with Crippen LogP contribution in [0.25, 0.3) is 0 Å². The summed E-state index contributed by atoms with van der Waals surface area (Å²) in [5, 5.41) is 0. The summed E-state index contributed by atoms with van der Waals surface area (Å²) < 4.78 is 18.6. The van der Waals surface area contributed by atoms with Crippen molar-refractivity contribution in [2.24, 2.45) is 5.73 Å². The van der Waals surface area contributed by atoms with Crippen molar-refractivity contribution in [2.45, 2.75) is 12.5 Å².